The fourth-order valence-electron chi connectivity index (χ4n) is 2.90. The van der Waals surface area contributed by atoms with Crippen molar-refractivity contribution < 1.29 is 9.59 Å². The Morgan fingerprint density at radius 1 is 1.16 bits per heavy atom. The van der Waals surface area contributed by atoms with E-state index in [-0.39, 0.29) is 11.8 Å². The predicted octanol–water partition coefficient (Wildman–Crippen LogP) is 1.23. The van der Waals surface area contributed by atoms with E-state index in [0.717, 1.165) is 30.4 Å². The van der Waals surface area contributed by atoms with Crippen LogP contribution in [0.25, 0.3) is 0 Å². The summed E-state index contributed by atoms with van der Waals surface area (Å²) >= 11 is 0. The van der Waals surface area contributed by atoms with Gasteiger partial charge in [-0.05, 0) is 24.0 Å². The van der Waals surface area contributed by atoms with E-state index < -0.39 is 11.9 Å². The fraction of sp³-hybridized carbons (Fsp3) is 0.467. The third-order valence-corrected chi connectivity index (χ3v) is 4.31. The van der Waals surface area contributed by atoms with E-state index in [4.69, 9.17) is 5.73 Å². The molecule has 0 aromatic heterocycles. The molecule has 0 bridgehead atoms. The number of carbonyl (C=O) groups excluding carboxylic acids is 2. The van der Waals surface area contributed by atoms with E-state index in [9.17, 15) is 9.59 Å². The van der Waals surface area contributed by atoms with Crippen LogP contribution in [0.1, 0.15) is 30.4 Å². The molecule has 1 atom stereocenters. The zero-order valence-corrected chi connectivity index (χ0v) is 10.8. The summed E-state index contributed by atoms with van der Waals surface area (Å²) in [4.78, 5) is 25.7. The first-order chi connectivity index (χ1) is 9.16. The quantitative estimate of drug-likeness (QED) is 0.867. The number of hydrogen-bond acceptors (Lipinski definition) is 2. The summed E-state index contributed by atoms with van der Waals surface area (Å²) in [7, 11) is 0. The molecule has 1 aliphatic heterocycles. The number of carbonyl (C=O) groups is 2. The van der Waals surface area contributed by atoms with Crippen molar-refractivity contribution in [2.24, 2.45) is 11.7 Å². The Morgan fingerprint density at radius 3 is 2.42 bits per heavy atom. The van der Waals surface area contributed by atoms with Gasteiger partial charge >= 0.3 is 0 Å². The first-order valence-electron chi connectivity index (χ1n) is 6.83. The number of benzene rings is 1. The Kier molecular flexibility index (Phi) is 3.01. The zero-order chi connectivity index (χ0) is 13.4. The summed E-state index contributed by atoms with van der Waals surface area (Å²) in [6, 6.07) is 7.47. The minimum absolute atomic E-state index is 0.101. The summed E-state index contributed by atoms with van der Waals surface area (Å²) in [5.74, 6) is -0.196. The molecule has 19 heavy (non-hydrogen) atoms. The predicted molar refractivity (Wildman–Crippen MR) is 71.0 cm³/mol. The number of amides is 2. The molecule has 0 radical (unpaired) electrons. The summed E-state index contributed by atoms with van der Waals surface area (Å²) in [6.45, 7) is 0.513. The molecule has 0 unspecified atom stereocenters. The highest BCUT2D eigenvalue weighted by atomic mass is 16.2. The normalized spacial score (nSPS) is 22.5. The molecule has 2 amide bonds. The second-order valence-electron chi connectivity index (χ2n) is 5.48. The second-order valence-corrected chi connectivity index (χ2v) is 5.48. The molecule has 2 aliphatic rings. The first-order valence-corrected chi connectivity index (χ1v) is 6.83. The molecule has 1 fully saturated rings. The third-order valence-electron chi connectivity index (χ3n) is 4.31. The Balaban J connectivity index is 1.89. The number of hydrogen-bond donors (Lipinski definition) is 1. The van der Waals surface area contributed by atoms with Gasteiger partial charge < -0.3 is 10.6 Å². The summed E-state index contributed by atoms with van der Waals surface area (Å²) in [5.41, 5.74) is 7.74. The molecule has 0 spiro atoms. The van der Waals surface area contributed by atoms with Crippen LogP contribution < -0.4 is 5.73 Å². The number of nitrogens with two attached hydrogens (primary N) is 1. The summed E-state index contributed by atoms with van der Waals surface area (Å²) < 4.78 is 0. The SMILES string of the molecule is NC(=O)[C@H]1Cc2ccccc2CN1C(=O)C1CCC1. The van der Waals surface area contributed by atoms with Crippen LogP contribution in [-0.4, -0.2) is 22.8 Å². The van der Waals surface area contributed by atoms with Crippen LogP contribution in [0.2, 0.25) is 0 Å². The molecule has 1 aliphatic carbocycles. The molecule has 0 saturated heterocycles. The van der Waals surface area contributed by atoms with Crippen LogP contribution in [0.4, 0.5) is 0 Å². The number of primary amides is 1. The van der Waals surface area contributed by atoms with Gasteiger partial charge in [-0.2, -0.15) is 0 Å². The maximum atomic E-state index is 12.4. The monoisotopic (exact) mass is 258 g/mol. The van der Waals surface area contributed by atoms with Gasteiger partial charge in [0.15, 0.2) is 0 Å². The number of nitrogens with zero attached hydrogens (tertiary/aromatic N) is 1. The molecule has 1 saturated carbocycles. The van der Waals surface area contributed by atoms with Crippen molar-refractivity contribution in [2.45, 2.75) is 38.3 Å². The molecular formula is C15H18N2O2. The summed E-state index contributed by atoms with van der Waals surface area (Å²) in [6.07, 6.45) is 3.55. The van der Waals surface area contributed by atoms with Gasteiger partial charge in [0.05, 0.1) is 0 Å². The van der Waals surface area contributed by atoms with Crippen molar-refractivity contribution in [1.29, 1.82) is 0 Å². The van der Waals surface area contributed by atoms with Gasteiger partial charge in [-0.25, -0.2) is 0 Å². The largest absolute Gasteiger partial charge is 0.368 e. The molecule has 1 aromatic carbocycles. The third kappa shape index (κ3) is 2.11. The van der Waals surface area contributed by atoms with Gasteiger partial charge in [-0.1, -0.05) is 30.7 Å². The highest BCUT2D eigenvalue weighted by molar-refractivity contribution is 5.88. The average Bonchev–Trinajstić information content (AvgIpc) is 2.35. The van der Waals surface area contributed by atoms with Crippen LogP contribution in [-0.2, 0) is 22.6 Å². The maximum absolute atomic E-state index is 12.4. The van der Waals surface area contributed by atoms with Crippen LogP contribution >= 0.6 is 0 Å². The molecule has 1 aromatic rings. The molecule has 1 heterocycles. The minimum Gasteiger partial charge on any atom is -0.368 e. The number of fused-ring (bicyclic) bond motifs is 1. The van der Waals surface area contributed by atoms with Gasteiger partial charge in [0.25, 0.3) is 0 Å². The van der Waals surface area contributed by atoms with E-state index in [2.05, 4.69) is 0 Å². The van der Waals surface area contributed by atoms with E-state index in [1.165, 1.54) is 0 Å². The molecule has 100 valence electrons. The average molecular weight is 258 g/mol. The molecule has 4 nitrogen and oxygen atoms in total. The van der Waals surface area contributed by atoms with Crippen molar-refractivity contribution in [3.05, 3.63) is 35.4 Å². The van der Waals surface area contributed by atoms with Crippen molar-refractivity contribution in [3.63, 3.8) is 0 Å². The van der Waals surface area contributed by atoms with Gasteiger partial charge in [-0.15, -0.1) is 0 Å². The summed E-state index contributed by atoms with van der Waals surface area (Å²) in [5, 5.41) is 0. The smallest absolute Gasteiger partial charge is 0.240 e. The zero-order valence-electron chi connectivity index (χ0n) is 10.8. The van der Waals surface area contributed by atoms with Crippen LogP contribution in [0.5, 0.6) is 0 Å². The lowest BCUT2D eigenvalue weighted by Crippen LogP contribution is -2.53. The lowest BCUT2D eigenvalue weighted by atomic mass is 9.83. The van der Waals surface area contributed by atoms with Crippen LogP contribution in [0.15, 0.2) is 24.3 Å². The Labute approximate surface area is 112 Å². The van der Waals surface area contributed by atoms with Crippen LogP contribution in [0, 0.1) is 5.92 Å². The topological polar surface area (TPSA) is 63.4 Å². The van der Waals surface area contributed by atoms with E-state index >= 15 is 0 Å². The number of rotatable bonds is 2. The molecule has 4 heteroatoms. The van der Waals surface area contributed by atoms with Gasteiger partial charge in [-0.3, -0.25) is 9.59 Å². The van der Waals surface area contributed by atoms with Gasteiger partial charge in [0, 0.05) is 18.9 Å². The Bertz CT molecular complexity index is 523. The van der Waals surface area contributed by atoms with E-state index in [1.54, 1.807) is 4.90 Å². The van der Waals surface area contributed by atoms with E-state index in [0.29, 0.717) is 13.0 Å². The lowest BCUT2D eigenvalue weighted by Gasteiger charge is -2.39. The first kappa shape index (κ1) is 12.2. The highest BCUT2D eigenvalue weighted by Gasteiger charge is 2.37. The molecule has 2 N–H and O–H groups in total. The van der Waals surface area contributed by atoms with Gasteiger partial charge in [0.2, 0.25) is 11.8 Å². The standard InChI is InChI=1S/C15H18N2O2/c16-14(18)13-8-11-4-1-2-5-12(11)9-17(13)15(19)10-6-3-7-10/h1-2,4-5,10,13H,3,6-9H2,(H2,16,18)/t13-/m1/s1. The minimum atomic E-state index is -0.483. The Hall–Kier alpha value is -1.84. The van der Waals surface area contributed by atoms with Crippen molar-refractivity contribution in [2.75, 3.05) is 0 Å². The highest BCUT2D eigenvalue weighted by Crippen LogP contribution is 2.32. The Morgan fingerprint density at radius 2 is 1.84 bits per heavy atom. The fourth-order valence-corrected chi connectivity index (χ4v) is 2.90. The van der Waals surface area contributed by atoms with Crippen LogP contribution in [0.3, 0.4) is 0 Å². The molecule has 3 rings (SSSR count). The lowest BCUT2D eigenvalue weighted by molar-refractivity contribution is -0.146. The van der Waals surface area contributed by atoms with E-state index in [1.807, 2.05) is 24.3 Å². The second kappa shape index (κ2) is 4.68. The van der Waals surface area contributed by atoms with Crippen molar-refractivity contribution >= 4 is 11.8 Å². The van der Waals surface area contributed by atoms with Crippen molar-refractivity contribution in [3.8, 4) is 0 Å². The van der Waals surface area contributed by atoms with Crippen molar-refractivity contribution in [1.82, 2.24) is 4.90 Å². The molecular weight excluding hydrogens is 240 g/mol. The van der Waals surface area contributed by atoms with Gasteiger partial charge in [0.1, 0.15) is 6.04 Å². The maximum Gasteiger partial charge on any atom is 0.240 e.